The van der Waals surface area contributed by atoms with Gasteiger partial charge in [-0.2, -0.15) is 13.2 Å². The molecule has 228 valence electrons. The molecule has 3 aromatic carbocycles. The monoisotopic (exact) mass is 608 g/mol. The van der Waals surface area contributed by atoms with Crippen LogP contribution in [0.1, 0.15) is 44.1 Å². The number of amides is 2. The topological polar surface area (TPSA) is 67.2 Å². The second kappa shape index (κ2) is 11.7. The zero-order valence-electron chi connectivity index (χ0n) is 25.1. The van der Waals surface area contributed by atoms with Gasteiger partial charge < -0.3 is 14.8 Å². The van der Waals surface area contributed by atoms with Crippen molar-refractivity contribution >= 4 is 23.2 Å². The predicted molar refractivity (Wildman–Crippen MR) is 169 cm³/mol. The number of halogens is 3. The third kappa shape index (κ3) is 5.98. The maximum absolute atomic E-state index is 13.8. The lowest BCUT2D eigenvalue weighted by atomic mass is 9.93. The lowest BCUT2D eigenvalue weighted by Gasteiger charge is -2.19. The molecular weight excluding hydrogens is 577 g/mol. The van der Waals surface area contributed by atoms with Crippen LogP contribution in [0.4, 0.5) is 24.5 Å². The van der Waals surface area contributed by atoms with E-state index < -0.39 is 17.6 Å². The van der Waals surface area contributed by atoms with Gasteiger partial charge in [-0.3, -0.25) is 9.59 Å². The highest BCUT2D eigenvalue weighted by Crippen LogP contribution is 2.37. The molecule has 3 heterocycles. The number of nitrogens with zero attached hydrogens (tertiary/aromatic N) is 3. The molecule has 2 aromatic heterocycles. The van der Waals surface area contributed by atoms with Crippen molar-refractivity contribution in [2.75, 3.05) is 16.8 Å². The molecule has 45 heavy (non-hydrogen) atoms. The minimum absolute atomic E-state index is 0.0390. The zero-order valence-corrected chi connectivity index (χ0v) is 25.1. The van der Waals surface area contributed by atoms with Gasteiger partial charge in [-0.1, -0.05) is 42.5 Å². The average molecular weight is 609 g/mol. The van der Waals surface area contributed by atoms with E-state index in [0.29, 0.717) is 35.5 Å². The van der Waals surface area contributed by atoms with Crippen molar-refractivity contribution < 1.29 is 22.8 Å². The van der Waals surface area contributed by atoms with E-state index in [1.54, 1.807) is 53.4 Å². The van der Waals surface area contributed by atoms with E-state index in [1.807, 2.05) is 48.7 Å². The number of carbonyl (C=O) groups excluding carboxylic acids is 2. The van der Waals surface area contributed by atoms with Gasteiger partial charge in [0.05, 0.1) is 17.7 Å². The van der Waals surface area contributed by atoms with Crippen LogP contribution >= 0.6 is 0 Å². The Hall–Kier alpha value is -5.18. The molecule has 1 aliphatic heterocycles. The van der Waals surface area contributed by atoms with Crippen LogP contribution < -0.4 is 10.2 Å². The van der Waals surface area contributed by atoms with Gasteiger partial charge in [0.25, 0.3) is 5.91 Å². The SMILES string of the molecule is Cc1cc(-c2ccccc2)c(C(=O)Nc2ccc3c(c2)CCN3C(=O)Cc2cccc(-n3c(C)ccc3C)n2)cc1C(F)(F)F. The number of carbonyl (C=O) groups is 2. The second-order valence-corrected chi connectivity index (χ2v) is 11.3. The first-order chi connectivity index (χ1) is 21.5. The maximum Gasteiger partial charge on any atom is 0.416 e. The van der Waals surface area contributed by atoms with E-state index >= 15 is 0 Å². The summed E-state index contributed by atoms with van der Waals surface area (Å²) in [5.41, 5.74) is 4.98. The van der Waals surface area contributed by atoms with Crippen molar-refractivity contribution in [1.82, 2.24) is 9.55 Å². The van der Waals surface area contributed by atoms with Crippen LogP contribution in [0.5, 0.6) is 0 Å². The molecule has 0 fully saturated rings. The lowest BCUT2D eigenvalue weighted by molar-refractivity contribution is -0.138. The fourth-order valence-corrected chi connectivity index (χ4v) is 5.96. The number of pyridine rings is 1. The van der Waals surface area contributed by atoms with Crippen molar-refractivity contribution in [3.8, 4) is 16.9 Å². The Morgan fingerprint density at radius 1 is 0.867 bits per heavy atom. The van der Waals surface area contributed by atoms with Gasteiger partial charge in [-0.15, -0.1) is 0 Å². The van der Waals surface area contributed by atoms with Crippen LogP contribution in [0.3, 0.4) is 0 Å². The summed E-state index contributed by atoms with van der Waals surface area (Å²) in [7, 11) is 0. The maximum atomic E-state index is 13.8. The van der Waals surface area contributed by atoms with Crippen LogP contribution in [-0.2, 0) is 23.8 Å². The number of hydrogen-bond acceptors (Lipinski definition) is 3. The van der Waals surface area contributed by atoms with Crippen LogP contribution in [0.2, 0.25) is 0 Å². The standard InChI is InChI=1S/C36H31F3N4O2/c1-22-18-29(25-8-5-4-6-9-25)30(21-31(22)36(37,38)39)35(45)41-28-14-15-32-26(19-28)16-17-42(32)34(44)20-27-10-7-11-33(40-27)43-23(2)12-13-24(43)3/h4-15,18-19,21H,16-17,20H2,1-3H3,(H,41,45). The highest BCUT2D eigenvalue weighted by Gasteiger charge is 2.34. The summed E-state index contributed by atoms with van der Waals surface area (Å²) in [4.78, 5) is 33.3. The number of benzene rings is 3. The van der Waals surface area contributed by atoms with Crippen LogP contribution in [-0.4, -0.2) is 27.9 Å². The number of hydrogen-bond donors (Lipinski definition) is 1. The van der Waals surface area contributed by atoms with Crippen molar-refractivity contribution in [2.45, 2.75) is 39.8 Å². The molecule has 0 saturated carbocycles. The molecule has 2 amide bonds. The Labute approximate surface area is 259 Å². The van der Waals surface area contributed by atoms with Crippen molar-refractivity contribution in [1.29, 1.82) is 0 Å². The Balaban J connectivity index is 1.22. The van der Waals surface area contributed by atoms with Gasteiger partial charge in [-0.25, -0.2) is 4.98 Å². The van der Waals surface area contributed by atoms with Gasteiger partial charge in [0, 0.05) is 34.9 Å². The molecule has 0 unspecified atom stereocenters. The number of anilines is 2. The Bertz CT molecular complexity index is 1910. The van der Waals surface area contributed by atoms with Crippen LogP contribution in [0, 0.1) is 20.8 Å². The minimum atomic E-state index is -4.60. The second-order valence-electron chi connectivity index (χ2n) is 11.3. The van der Waals surface area contributed by atoms with E-state index in [4.69, 9.17) is 4.98 Å². The Kier molecular flexibility index (Phi) is 7.78. The molecule has 1 aliphatic rings. The van der Waals surface area contributed by atoms with Crippen molar-refractivity contribution in [3.63, 3.8) is 0 Å². The van der Waals surface area contributed by atoms with E-state index in [1.165, 1.54) is 13.0 Å². The molecule has 0 radical (unpaired) electrons. The summed E-state index contributed by atoms with van der Waals surface area (Å²) >= 11 is 0. The first kappa shape index (κ1) is 29.9. The number of rotatable bonds is 6. The van der Waals surface area contributed by atoms with E-state index in [-0.39, 0.29) is 23.5 Å². The molecule has 0 saturated heterocycles. The van der Waals surface area contributed by atoms with Gasteiger partial charge in [-0.05, 0) is 98.0 Å². The Morgan fingerprint density at radius 3 is 2.31 bits per heavy atom. The third-order valence-electron chi connectivity index (χ3n) is 8.16. The predicted octanol–water partition coefficient (Wildman–Crippen LogP) is 7.87. The normalized spacial score (nSPS) is 12.7. The number of alkyl halides is 3. The zero-order chi connectivity index (χ0) is 31.9. The van der Waals surface area contributed by atoms with Gasteiger partial charge in [0.1, 0.15) is 5.82 Å². The van der Waals surface area contributed by atoms with Gasteiger partial charge >= 0.3 is 6.18 Å². The summed E-state index contributed by atoms with van der Waals surface area (Å²) < 4.78 is 43.4. The molecule has 0 bridgehead atoms. The lowest BCUT2D eigenvalue weighted by Crippen LogP contribution is -2.30. The van der Waals surface area contributed by atoms with Gasteiger partial charge in [0.15, 0.2) is 0 Å². The quantitative estimate of drug-likeness (QED) is 0.213. The molecule has 0 aliphatic carbocycles. The number of fused-ring (bicyclic) bond motifs is 1. The summed E-state index contributed by atoms with van der Waals surface area (Å²) in [5, 5.41) is 2.79. The molecule has 6 nitrogen and oxygen atoms in total. The largest absolute Gasteiger partial charge is 0.416 e. The van der Waals surface area contributed by atoms with Crippen LogP contribution in [0.25, 0.3) is 16.9 Å². The number of aromatic nitrogens is 2. The van der Waals surface area contributed by atoms with E-state index in [2.05, 4.69) is 5.32 Å². The van der Waals surface area contributed by atoms with Gasteiger partial charge in [0.2, 0.25) is 5.91 Å². The average Bonchev–Trinajstić information content (AvgIpc) is 3.58. The molecule has 0 spiro atoms. The molecule has 5 aromatic rings. The highest BCUT2D eigenvalue weighted by atomic mass is 19.4. The number of nitrogens with one attached hydrogen (secondary N) is 1. The number of aryl methyl sites for hydroxylation is 3. The summed E-state index contributed by atoms with van der Waals surface area (Å²) in [6, 6.07) is 26.1. The third-order valence-corrected chi connectivity index (χ3v) is 8.16. The molecule has 6 rings (SSSR count). The summed E-state index contributed by atoms with van der Waals surface area (Å²) in [5.74, 6) is 0.0150. The molecule has 1 N–H and O–H groups in total. The Morgan fingerprint density at radius 2 is 1.60 bits per heavy atom. The first-order valence-electron chi connectivity index (χ1n) is 14.6. The fourth-order valence-electron chi connectivity index (χ4n) is 5.96. The van der Waals surface area contributed by atoms with E-state index in [0.717, 1.165) is 34.5 Å². The highest BCUT2D eigenvalue weighted by molar-refractivity contribution is 6.09. The fraction of sp³-hybridized carbons (Fsp3) is 0.194. The smallest absolute Gasteiger partial charge is 0.322 e. The summed E-state index contributed by atoms with van der Waals surface area (Å²) in [6.07, 6.45) is -3.89. The molecule has 0 atom stereocenters. The van der Waals surface area contributed by atoms with Crippen LogP contribution in [0.15, 0.2) is 91.0 Å². The minimum Gasteiger partial charge on any atom is -0.322 e. The molecular formula is C36H31F3N4O2. The molecule has 9 heteroatoms. The van der Waals surface area contributed by atoms with E-state index in [9.17, 15) is 22.8 Å². The van der Waals surface area contributed by atoms with Crippen molar-refractivity contribution in [3.05, 3.63) is 130 Å². The first-order valence-corrected chi connectivity index (χ1v) is 14.6. The van der Waals surface area contributed by atoms with Crippen molar-refractivity contribution in [2.24, 2.45) is 0 Å². The summed E-state index contributed by atoms with van der Waals surface area (Å²) in [6.45, 7) is 5.88.